The van der Waals surface area contributed by atoms with Crippen LogP contribution in [0.2, 0.25) is 0 Å². The van der Waals surface area contributed by atoms with Crippen LogP contribution in [0.1, 0.15) is 43.6 Å². The molecule has 7 heteroatoms. The summed E-state index contributed by atoms with van der Waals surface area (Å²) in [7, 11) is 3.90. The third-order valence-corrected chi connectivity index (χ3v) is 6.09. The molecule has 1 aliphatic rings. The molecule has 1 aromatic rings. The maximum Gasteiger partial charge on any atom is 0.519 e. The number of ether oxygens (including phenoxy) is 1. The number of hydrogen-bond acceptors (Lipinski definition) is 7. The van der Waals surface area contributed by atoms with E-state index < -0.39 is 5.82 Å². The highest BCUT2D eigenvalue weighted by molar-refractivity contribution is 8.77. The van der Waals surface area contributed by atoms with E-state index in [0.717, 1.165) is 18.1 Å². The van der Waals surface area contributed by atoms with Gasteiger partial charge < -0.3 is 13.6 Å². The molecule has 1 saturated heterocycles. The quantitative estimate of drug-likeness (QED) is 0.434. The van der Waals surface area contributed by atoms with Gasteiger partial charge in [-0.1, -0.05) is 28.0 Å². The molecule has 0 aromatic carbocycles. The fraction of sp³-hybridized carbons (Fsp3) is 0.692. The maximum absolute atomic E-state index is 11.5. The van der Waals surface area contributed by atoms with Gasteiger partial charge in [0.2, 0.25) is 0 Å². The molecule has 112 valence electrons. The molecule has 1 aliphatic heterocycles. The molecule has 0 unspecified atom stereocenters. The molecule has 0 amide bonds. The van der Waals surface area contributed by atoms with Crippen molar-refractivity contribution >= 4 is 27.6 Å². The van der Waals surface area contributed by atoms with Crippen molar-refractivity contribution in [3.63, 3.8) is 0 Å². The van der Waals surface area contributed by atoms with E-state index in [-0.39, 0.29) is 18.3 Å². The van der Waals surface area contributed by atoms with Crippen LogP contribution in [-0.2, 0) is 16.1 Å². The predicted molar refractivity (Wildman–Crippen MR) is 78.7 cm³/mol. The Kier molecular flexibility index (Phi) is 6.09. The van der Waals surface area contributed by atoms with Gasteiger partial charge in [0.25, 0.3) is 0 Å². The zero-order valence-electron chi connectivity index (χ0n) is 11.4. The van der Waals surface area contributed by atoms with Crippen molar-refractivity contribution in [2.24, 2.45) is 0 Å². The number of unbranched alkanes of at least 4 members (excludes halogenated alkanes) is 1. The summed E-state index contributed by atoms with van der Waals surface area (Å²) < 4.78 is 14.5. The van der Waals surface area contributed by atoms with E-state index in [1.807, 2.05) is 21.6 Å². The second-order valence-corrected chi connectivity index (χ2v) is 7.46. The van der Waals surface area contributed by atoms with E-state index in [0.29, 0.717) is 12.2 Å². The van der Waals surface area contributed by atoms with Crippen molar-refractivity contribution in [1.82, 2.24) is 0 Å². The van der Waals surface area contributed by atoms with Gasteiger partial charge in [0.05, 0.1) is 0 Å². The van der Waals surface area contributed by atoms with Gasteiger partial charge in [0.1, 0.15) is 0 Å². The van der Waals surface area contributed by atoms with E-state index in [1.54, 1.807) is 6.92 Å². The van der Waals surface area contributed by atoms with E-state index in [9.17, 15) is 9.59 Å². The summed E-state index contributed by atoms with van der Waals surface area (Å²) in [6.07, 6.45) is 4.74. The molecule has 0 N–H and O–H groups in total. The Hall–Kier alpha value is -0.820. The number of aryl methyl sites for hydroxylation is 1. The summed E-state index contributed by atoms with van der Waals surface area (Å²) in [5.41, 5.74) is 0. The van der Waals surface area contributed by atoms with Gasteiger partial charge in [-0.25, -0.2) is 4.79 Å². The molecule has 1 fully saturated rings. The summed E-state index contributed by atoms with van der Waals surface area (Å²) in [5.74, 6) is 0.857. The molecule has 1 aromatic heterocycles. The number of hydrogen-bond donors (Lipinski definition) is 0. The van der Waals surface area contributed by atoms with Crippen molar-refractivity contribution in [2.75, 3.05) is 5.75 Å². The first-order valence-corrected chi connectivity index (χ1v) is 9.06. The van der Waals surface area contributed by atoms with Crippen LogP contribution in [0.4, 0.5) is 0 Å². The van der Waals surface area contributed by atoms with Crippen LogP contribution in [-0.4, -0.2) is 17.0 Å². The first-order valence-electron chi connectivity index (χ1n) is 6.68. The van der Waals surface area contributed by atoms with Gasteiger partial charge in [-0.2, -0.15) is 0 Å². The fourth-order valence-corrected chi connectivity index (χ4v) is 4.96. The highest BCUT2D eigenvalue weighted by Gasteiger charge is 2.16. The maximum atomic E-state index is 11.5. The topological polar surface area (TPSA) is 69.7 Å². The van der Waals surface area contributed by atoms with Gasteiger partial charge in [0, 0.05) is 17.4 Å². The van der Waals surface area contributed by atoms with Crippen molar-refractivity contribution in [2.45, 2.75) is 50.9 Å². The standard InChI is InChI=1S/C13H18O5S2/c1-9-11(18-13(15)17-9)8-16-12(14)5-3-2-4-10-6-7-19-20-10/h10H,2-8H2,1H3/t10-/m1/s1. The molecule has 0 bridgehead atoms. The second-order valence-electron chi connectivity index (χ2n) is 4.67. The first kappa shape index (κ1) is 15.6. The average molecular weight is 318 g/mol. The Labute approximate surface area is 125 Å². The molecule has 20 heavy (non-hydrogen) atoms. The van der Waals surface area contributed by atoms with Gasteiger partial charge >= 0.3 is 11.8 Å². The minimum absolute atomic E-state index is 0.0362. The third kappa shape index (κ3) is 4.94. The van der Waals surface area contributed by atoms with Crippen molar-refractivity contribution < 1.29 is 18.4 Å². The summed E-state index contributed by atoms with van der Waals surface area (Å²) >= 11 is 0. The van der Waals surface area contributed by atoms with Gasteiger partial charge in [-0.15, -0.1) is 0 Å². The van der Waals surface area contributed by atoms with E-state index in [2.05, 4.69) is 4.42 Å². The average Bonchev–Trinajstić information content (AvgIpc) is 3.02. The molecule has 0 radical (unpaired) electrons. The minimum Gasteiger partial charge on any atom is -0.457 e. The normalized spacial score (nSPS) is 18.4. The predicted octanol–water partition coefficient (Wildman–Crippen LogP) is 3.30. The van der Waals surface area contributed by atoms with Crippen LogP contribution < -0.4 is 5.82 Å². The zero-order valence-corrected chi connectivity index (χ0v) is 13.0. The van der Waals surface area contributed by atoms with Crippen LogP contribution in [0.3, 0.4) is 0 Å². The summed E-state index contributed by atoms with van der Waals surface area (Å²) in [4.78, 5) is 22.4. The lowest BCUT2D eigenvalue weighted by Gasteiger charge is -2.06. The Balaban J connectivity index is 1.58. The third-order valence-electron chi connectivity index (χ3n) is 3.08. The monoisotopic (exact) mass is 318 g/mol. The van der Waals surface area contributed by atoms with Crippen LogP contribution >= 0.6 is 21.6 Å². The molecule has 1 atom stereocenters. The number of carbonyl (C=O) groups excluding carboxylic acids is 1. The van der Waals surface area contributed by atoms with E-state index >= 15 is 0 Å². The smallest absolute Gasteiger partial charge is 0.457 e. The second kappa shape index (κ2) is 7.83. The van der Waals surface area contributed by atoms with E-state index in [1.165, 1.54) is 18.6 Å². The van der Waals surface area contributed by atoms with Crippen molar-refractivity contribution in [3.8, 4) is 0 Å². The molecule has 0 aliphatic carbocycles. The lowest BCUT2D eigenvalue weighted by atomic mass is 10.1. The molecule has 2 rings (SSSR count). The van der Waals surface area contributed by atoms with Crippen LogP contribution in [0.15, 0.2) is 13.6 Å². The molecular weight excluding hydrogens is 300 g/mol. The van der Waals surface area contributed by atoms with Crippen molar-refractivity contribution in [1.29, 1.82) is 0 Å². The number of esters is 1. The fourth-order valence-electron chi connectivity index (χ4n) is 1.93. The van der Waals surface area contributed by atoms with Crippen LogP contribution in [0.5, 0.6) is 0 Å². The van der Waals surface area contributed by atoms with E-state index in [4.69, 9.17) is 9.15 Å². The summed E-state index contributed by atoms with van der Waals surface area (Å²) in [5, 5.41) is 0.749. The summed E-state index contributed by atoms with van der Waals surface area (Å²) in [6, 6.07) is 0. The van der Waals surface area contributed by atoms with Gasteiger partial charge in [-0.05, 0) is 26.2 Å². The molecular formula is C13H18O5S2. The first-order chi connectivity index (χ1) is 9.65. The Morgan fingerprint density at radius 3 is 2.90 bits per heavy atom. The number of rotatable bonds is 7. The number of carbonyl (C=O) groups is 1. The molecule has 0 saturated carbocycles. The Bertz CT molecular complexity index is 487. The lowest BCUT2D eigenvalue weighted by Crippen LogP contribution is -2.05. The molecule has 2 heterocycles. The lowest BCUT2D eigenvalue weighted by molar-refractivity contribution is -0.145. The van der Waals surface area contributed by atoms with Gasteiger partial charge in [0.15, 0.2) is 18.1 Å². The zero-order chi connectivity index (χ0) is 14.4. The molecule has 5 nitrogen and oxygen atoms in total. The van der Waals surface area contributed by atoms with Crippen LogP contribution in [0.25, 0.3) is 0 Å². The largest absolute Gasteiger partial charge is 0.519 e. The highest BCUT2D eigenvalue weighted by atomic mass is 33.1. The van der Waals surface area contributed by atoms with Gasteiger partial charge in [-0.3, -0.25) is 4.79 Å². The van der Waals surface area contributed by atoms with Crippen molar-refractivity contribution in [3.05, 3.63) is 22.1 Å². The summed E-state index contributed by atoms with van der Waals surface area (Å²) in [6.45, 7) is 1.57. The minimum atomic E-state index is -0.763. The SMILES string of the molecule is Cc1oc(=O)oc1COC(=O)CCCC[C@@H]1CCSS1. The Morgan fingerprint density at radius 1 is 1.40 bits per heavy atom. The van der Waals surface area contributed by atoms with Crippen LogP contribution in [0, 0.1) is 6.92 Å². The highest BCUT2D eigenvalue weighted by Crippen LogP contribution is 2.39. The Morgan fingerprint density at radius 2 is 2.25 bits per heavy atom. The molecule has 0 spiro atoms.